The van der Waals surface area contributed by atoms with Gasteiger partial charge in [0, 0.05) is 55.7 Å². The lowest BCUT2D eigenvalue weighted by Crippen LogP contribution is -2.08. The van der Waals surface area contributed by atoms with Gasteiger partial charge in [0.15, 0.2) is 0 Å². The number of nitrogens with zero attached hydrogens (tertiary/aromatic N) is 2. The SMILES string of the molecule is [2H]c1c([2H])c(N(C([2H])([2H])[2H])C([2H])([2H])[2H])c([2H])c([2H])c1-c1c([2H])c([2H])c(N(C([2H])([2H])[2H])C([2H])([2H])[2H])c([2H])c1[2H]. The fraction of sp³-hybridized carbons (Fsp3) is 0.250. The zero-order valence-corrected chi connectivity index (χ0v) is 8.89. The van der Waals surface area contributed by atoms with Crippen molar-refractivity contribution in [2.75, 3.05) is 37.7 Å². The Morgan fingerprint density at radius 1 is 0.667 bits per heavy atom. The lowest BCUT2D eigenvalue weighted by Gasteiger charge is -2.14. The van der Waals surface area contributed by atoms with Crippen molar-refractivity contribution in [2.24, 2.45) is 0 Å². The highest BCUT2D eigenvalue weighted by Crippen LogP contribution is 2.24. The quantitative estimate of drug-likeness (QED) is 0.833. The van der Waals surface area contributed by atoms with Gasteiger partial charge in [0.25, 0.3) is 0 Å². The lowest BCUT2D eigenvalue weighted by molar-refractivity contribution is 1.13. The van der Waals surface area contributed by atoms with E-state index in [9.17, 15) is 0 Å². The van der Waals surface area contributed by atoms with Gasteiger partial charge in [-0.2, -0.15) is 0 Å². The second-order valence-electron chi connectivity index (χ2n) is 3.12. The highest BCUT2D eigenvalue weighted by molar-refractivity contribution is 5.68. The second-order valence-corrected chi connectivity index (χ2v) is 3.12. The third-order valence-electron chi connectivity index (χ3n) is 1.92. The van der Waals surface area contributed by atoms with Crippen LogP contribution in [0.5, 0.6) is 0 Å². The summed E-state index contributed by atoms with van der Waals surface area (Å²) in [5.41, 5.74) is -4.02. The molecule has 0 fully saturated rings. The molecule has 2 aromatic carbocycles. The van der Waals surface area contributed by atoms with E-state index >= 15 is 0 Å². The molecule has 2 nitrogen and oxygen atoms in total. The van der Waals surface area contributed by atoms with Crippen LogP contribution in [0.3, 0.4) is 0 Å². The van der Waals surface area contributed by atoms with Crippen LogP contribution in [-0.4, -0.2) is 27.9 Å². The standard InChI is InChI=1S/C16H20N2/c1-17(2)15-9-5-13(6-10-15)14-7-11-16(12-8-14)18(3)4/h5-12H,1-4H3/i1D3,2D3,3D3,4D3,5D,6D,7D,8D,9D,10D,11D,12D. The number of rotatable bonds is 3. The molecule has 0 radical (unpaired) electrons. The van der Waals surface area contributed by atoms with E-state index in [0.29, 0.717) is 0 Å². The zero-order chi connectivity index (χ0) is 30.1. The smallest absolute Gasteiger partial charge is 0.0645 e. The first-order valence-electron chi connectivity index (χ1n) is 14.6. The number of anilines is 2. The monoisotopic (exact) mass is 260 g/mol. The molecular formula is C16H20N2. The zero-order valence-electron chi connectivity index (χ0n) is 28.9. The fourth-order valence-electron chi connectivity index (χ4n) is 1.09. The Bertz CT molecular complexity index is 1070. The van der Waals surface area contributed by atoms with Crippen LogP contribution >= 0.6 is 0 Å². The normalized spacial score (nSPS) is 29.1. The van der Waals surface area contributed by atoms with Gasteiger partial charge < -0.3 is 9.80 Å². The van der Waals surface area contributed by atoms with Crippen LogP contribution in [0, 0.1) is 0 Å². The number of benzene rings is 2. The van der Waals surface area contributed by atoms with E-state index in [2.05, 4.69) is 0 Å². The minimum absolute atomic E-state index is 0.271. The van der Waals surface area contributed by atoms with Crippen molar-refractivity contribution in [1.82, 2.24) is 0 Å². The summed E-state index contributed by atoms with van der Waals surface area (Å²) in [4.78, 5) is -0.541. The van der Waals surface area contributed by atoms with Crippen molar-refractivity contribution in [2.45, 2.75) is 0 Å². The van der Waals surface area contributed by atoms with E-state index < -0.39 is 98.7 Å². The predicted octanol–water partition coefficient (Wildman–Crippen LogP) is 3.49. The molecule has 0 amide bonds. The first kappa shape index (κ1) is 2.64. The van der Waals surface area contributed by atoms with Crippen LogP contribution in [0.25, 0.3) is 11.1 Å². The summed E-state index contributed by atoms with van der Waals surface area (Å²) in [6.07, 6.45) is 0. The van der Waals surface area contributed by atoms with E-state index in [0.717, 1.165) is 0 Å². The molecule has 0 N–H and O–H groups in total. The van der Waals surface area contributed by atoms with Crippen LogP contribution in [0.4, 0.5) is 11.4 Å². The first-order chi connectivity index (χ1) is 16.8. The Labute approximate surface area is 138 Å². The van der Waals surface area contributed by atoms with Gasteiger partial charge in [-0.25, -0.2) is 0 Å². The van der Waals surface area contributed by atoms with Crippen LogP contribution in [0.1, 0.15) is 27.4 Å². The molecule has 0 aliphatic carbocycles. The first-order valence-corrected chi connectivity index (χ1v) is 4.59. The molecule has 0 saturated carbocycles. The minimum Gasteiger partial charge on any atom is -0.378 e. The largest absolute Gasteiger partial charge is 0.378 e. The molecule has 2 heteroatoms. The van der Waals surface area contributed by atoms with Gasteiger partial charge in [0.05, 0.1) is 11.0 Å². The van der Waals surface area contributed by atoms with Crippen molar-refractivity contribution < 1.29 is 27.4 Å². The molecule has 94 valence electrons. The van der Waals surface area contributed by atoms with E-state index in [1.165, 1.54) is 0 Å². The third kappa shape index (κ3) is 2.65. The van der Waals surface area contributed by atoms with Crippen molar-refractivity contribution in [1.29, 1.82) is 0 Å². The molecule has 0 aromatic heterocycles. The average molecular weight is 260 g/mol. The number of hydrogen-bond acceptors (Lipinski definition) is 2. The van der Waals surface area contributed by atoms with Gasteiger partial charge in [-0.1, -0.05) is 24.2 Å². The average Bonchev–Trinajstić information content (AvgIpc) is 2.70. The molecule has 0 saturated heterocycles. The Hall–Kier alpha value is -1.96. The topological polar surface area (TPSA) is 6.48 Å². The molecule has 2 aromatic rings. The summed E-state index contributed by atoms with van der Waals surface area (Å²) in [5, 5.41) is 0. The molecule has 0 aliphatic rings. The Balaban J connectivity index is 3.06. The van der Waals surface area contributed by atoms with Crippen LogP contribution in [-0.2, 0) is 0 Å². The molecule has 0 atom stereocenters. The van der Waals surface area contributed by atoms with Crippen molar-refractivity contribution in [3.63, 3.8) is 0 Å². The Kier molecular flexibility index (Phi) is 0.754. The molecule has 0 aliphatic heterocycles. The second kappa shape index (κ2) is 5.13. The van der Waals surface area contributed by atoms with E-state index in [4.69, 9.17) is 27.4 Å². The summed E-state index contributed by atoms with van der Waals surface area (Å²) < 4.78 is 157. The molecule has 2 rings (SSSR count). The Morgan fingerprint density at radius 2 is 1.00 bits per heavy atom. The van der Waals surface area contributed by atoms with Crippen molar-refractivity contribution >= 4 is 11.4 Å². The predicted molar refractivity (Wildman–Crippen MR) is 80.5 cm³/mol. The van der Waals surface area contributed by atoms with E-state index in [1.54, 1.807) is 0 Å². The van der Waals surface area contributed by atoms with Gasteiger partial charge in [0.2, 0.25) is 0 Å². The van der Waals surface area contributed by atoms with Crippen LogP contribution < -0.4 is 9.80 Å². The maximum atomic E-state index is 8.32. The maximum Gasteiger partial charge on any atom is 0.0645 e. The van der Waals surface area contributed by atoms with Gasteiger partial charge >= 0.3 is 0 Å². The summed E-state index contributed by atoms with van der Waals surface area (Å²) in [5.74, 6) is 0. The Morgan fingerprint density at radius 3 is 1.28 bits per heavy atom. The van der Waals surface area contributed by atoms with Crippen molar-refractivity contribution in [3.05, 3.63) is 48.3 Å². The summed E-state index contributed by atoms with van der Waals surface area (Å²) >= 11 is 0. The highest BCUT2D eigenvalue weighted by Gasteiger charge is 2.00. The summed E-state index contributed by atoms with van der Waals surface area (Å²) in [6, 6.07) is -9.18. The van der Waals surface area contributed by atoms with E-state index in [-0.39, 0.29) is 9.80 Å². The fourth-order valence-corrected chi connectivity index (χ4v) is 1.09. The van der Waals surface area contributed by atoms with Gasteiger partial charge in [-0.15, -0.1) is 0 Å². The van der Waals surface area contributed by atoms with Gasteiger partial charge in [-0.05, 0) is 35.3 Å². The molecule has 18 heavy (non-hydrogen) atoms. The summed E-state index contributed by atoms with van der Waals surface area (Å²) in [6.45, 7) is -13.8. The molecule has 0 heterocycles. The van der Waals surface area contributed by atoms with Gasteiger partial charge in [0.1, 0.15) is 0 Å². The molecule has 0 bridgehead atoms. The summed E-state index contributed by atoms with van der Waals surface area (Å²) in [7, 11) is 0. The highest BCUT2D eigenvalue weighted by atomic mass is 15.1. The van der Waals surface area contributed by atoms with Gasteiger partial charge in [-0.3, -0.25) is 0 Å². The molecule has 0 unspecified atom stereocenters. The van der Waals surface area contributed by atoms with Crippen molar-refractivity contribution in [3.8, 4) is 11.1 Å². The lowest BCUT2D eigenvalue weighted by atomic mass is 10.0. The molecule has 0 spiro atoms. The van der Waals surface area contributed by atoms with Crippen LogP contribution in [0.15, 0.2) is 48.3 Å². The van der Waals surface area contributed by atoms with Crippen LogP contribution in [0.2, 0.25) is 0 Å². The minimum atomic E-state index is -3.45. The van der Waals surface area contributed by atoms with E-state index in [1.807, 2.05) is 0 Å². The third-order valence-corrected chi connectivity index (χ3v) is 1.92. The number of hydrogen-bond donors (Lipinski definition) is 0. The maximum absolute atomic E-state index is 8.32. The molecular weight excluding hydrogens is 220 g/mol.